The van der Waals surface area contributed by atoms with Crippen LogP contribution in [0.5, 0.6) is 17.2 Å². The van der Waals surface area contributed by atoms with E-state index in [1.807, 2.05) is 6.92 Å². The summed E-state index contributed by atoms with van der Waals surface area (Å²) in [5.74, 6) is -1.54. The van der Waals surface area contributed by atoms with Gasteiger partial charge in [0.25, 0.3) is 0 Å². The molecule has 7 heteroatoms. The Morgan fingerprint density at radius 3 is 2.37 bits per heavy atom. The molecule has 0 bridgehead atoms. The van der Waals surface area contributed by atoms with Crippen molar-refractivity contribution >= 4 is 23.4 Å². The van der Waals surface area contributed by atoms with Crippen LogP contribution in [0, 0.1) is 6.92 Å². The second kappa shape index (κ2) is 11.5. The van der Waals surface area contributed by atoms with E-state index >= 15 is 0 Å². The molecule has 0 unspecified atom stereocenters. The number of phenolic OH excluding ortho intramolecular Hbond substituents is 1. The average Bonchev–Trinajstić information content (AvgIpc) is 2.70. The minimum atomic E-state index is -2.17. The number of hydrogen-bond acceptors (Lipinski definition) is 5. The fourth-order valence-corrected chi connectivity index (χ4v) is 2.86. The molecule has 0 spiro atoms. The van der Waals surface area contributed by atoms with Gasteiger partial charge in [-0.15, -0.1) is 0 Å². The summed E-state index contributed by atoms with van der Waals surface area (Å²) in [7, 11) is 0. The number of carbonyl (C=O) groups excluding carboxylic acids is 1. The van der Waals surface area contributed by atoms with Gasteiger partial charge in [0.15, 0.2) is 5.78 Å². The normalized spacial score (nSPS) is 13.6. The SMILES string of the molecule is [2H]C([2H])(CCCC([2H])([2H])Oc1ccc(C(=O)CCC)c(O)c1C)Oc1ccc(C(=O)O)c(Cl)c1. The number of carboxylic acid groups (broad SMARTS) is 1. The Bertz CT molecular complexity index is 1060. The molecule has 30 heavy (non-hydrogen) atoms. The number of carbonyl (C=O) groups is 2. The summed E-state index contributed by atoms with van der Waals surface area (Å²) in [6.45, 7) is -0.962. The van der Waals surface area contributed by atoms with Gasteiger partial charge in [-0.25, -0.2) is 4.79 Å². The molecule has 162 valence electrons. The van der Waals surface area contributed by atoms with Crippen LogP contribution in [0.3, 0.4) is 0 Å². The number of aromatic hydroxyl groups is 1. The molecular formula is C23H27ClO6. The van der Waals surface area contributed by atoms with E-state index in [0.29, 0.717) is 6.42 Å². The van der Waals surface area contributed by atoms with Crippen LogP contribution in [-0.2, 0) is 0 Å². The third-order valence-corrected chi connectivity index (χ3v) is 4.57. The lowest BCUT2D eigenvalue weighted by Crippen LogP contribution is -2.04. The predicted molar refractivity (Wildman–Crippen MR) is 115 cm³/mol. The third kappa shape index (κ3) is 6.39. The Morgan fingerprint density at radius 1 is 1.07 bits per heavy atom. The van der Waals surface area contributed by atoms with Gasteiger partial charge in [0.1, 0.15) is 17.2 Å². The van der Waals surface area contributed by atoms with Crippen molar-refractivity contribution in [1.82, 2.24) is 0 Å². The number of carboxylic acids is 1. The maximum absolute atomic E-state index is 12.1. The quantitative estimate of drug-likeness (QED) is 0.415. The molecular weight excluding hydrogens is 408 g/mol. The van der Waals surface area contributed by atoms with Crippen molar-refractivity contribution in [3.63, 3.8) is 0 Å². The Balaban J connectivity index is 1.98. The molecule has 2 aromatic carbocycles. The molecule has 0 fully saturated rings. The largest absolute Gasteiger partial charge is 0.507 e. The highest BCUT2D eigenvalue weighted by Crippen LogP contribution is 2.31. The molecule has 2 aromatic rings. The van der Waals surface area contributed by atoms with Crippen LogP contribution >= 0.6 is 11.6 Å². The number of rotatable bonds is 12. The first-order chi connectivity index (χ1) is 15.8. The van der Waals surface area contributed by atoms with E-state index in [1.54, 1.807) is 0 Å². The zero-order chi connectivity index (χ0) is 25.7. The summed E-state index contributed by atoms with van der Waals surface area (Å²) < 4.78 is 43.0. The Kier molecular flexibility index (Phi) is 6.90. The summed E-state index contributed by atoms with van der Waals surface area (Å²) in [5.41, 5.74) is 0.268. The number of halogens is 1. The van der Waals surface area contributed by atoms with Crippen molar-refractivity contribution in [1.29, 1.82) is 0 Å². The maximum atomic E-state index is 12.1. The van der Waals surface area contributed by atoms with Gasteiger partial charge in [0.2, 0.25) is 0 Å². The van der Waals surface area contributed by atoms with Crippen LogP contribution < -0.4 is 9.47 Å². The van der Waals surface area contributed by atoms with Gasteiger partial charge in [-0.05, 0) is 62.9 Å². The number of ketones is 1. The van der Waals surface area contributed by atoms with E-state index in [0.717, 1.165) is 0 Å². The van der Waals surface area contributed by atoms with Gasteiger partial charge in [-0.1, -0.05) is 18.5 Å². The summed E-state index contributed by atoms with van der Waals surface area (Å²) in [6, 6.07) is 6.54. The minimum Gasteiger partial charge on any atom is -0.507 e. The Hall–Kier alpha value is -2.73. The molecule has 0 saturated heterocycles. The van der Waals surface area contributed by atoms with Gasteiger partial charge < -0.3 is 19.7 Å². The number of Topliss-reactive ketones (excluding diaryl/α,β-unsaturated/α-hetero) is 1. The monoisotopic (exact) mass is 438 g/mol. The van der Waals surface area contributed by atoms with Gasteiger partial charge in [-0.2, -0.15) is 0 Å². The number of ether oxygens (including phenoxy) is 2. The summed E-state index contributed by atoms with van der Waals surface area (Å²) in [5, 5.41) is 19.2. The van der Waals surface area contributed by atoms with Crippen molar-refractivity contribution in [2.75, 3.05) is 13.1 Å². The lowest BCUT2D eigenvalue weighted by Gasteiger charge is -2.13. The van der Waals surface area contributed by atoms with Crippen molar-refractivity contribution in [3.05, 3.63) is 52.0 Å². The van der Waals surface area contributed by atoms with E-state index in [2.05, 4.69) is 0 Å². The lowest BCUT2D eigenvalue weighted by molar-refractivity contribution is 0.0696. The van der Waals surface area contributed by atoms with Crippen LogP contribution in [0.2, 0.25) is 5.02 Å². The van der Waals surface area contributed by atoms with Crippen LogP contribution in [-0.4, -0.2) is 35.1 Å². The van der Waals surface area contributed by atoms with Crippen LogP contribution in [0.1, 0.15) is 70.8 Å². The molecule has 0 aromatic heterocycles. The molecule has 2 rings (SSSR count). The number of phenols is 1. The lowest BCUT2D eigenvalue weighted by atomic mass is 10.0. The smallest absolute Gasteiger partial charge is 0.337 e. The summed E-state index contributed by atoms with van der Waals surface area (Å²) >= 11 is 5.88. The second-order valence-corrected chi connectivity index (χ2v) is 6.96. The van der Waals surface area contributed by atoms with Gasteiger partial charge >= 0.3 is 5.97 Å². The molecule has 0 aliphatic carbocycles. The predicted octanol–water partition coefficient (Wildman–Crippen LogP) is 5.66. The van der Waals surface area contributed by atoms with Crippen LogP contribution in [0.25, 0.3) is 0 Å². The van der Waals surface area contributed by atoms with Gasteiger partial charge in [-0.3, -0.25) is 4.79 Å². The van der Waals surface area contributed by atoms with E-state index in [1.165, 1.54) is 37.3 Å². The highest BCUT2D eigenvalue weighted by Gasteiger charge is 2.15. The first-order valence-corrected chi connectivity index (χ1v) is 9.91. The molecule has 6 nitrogen and oxygen atoms in total. The van der Waals surface area contributed by atoms with Crippen molar-refractivity contribution in [2.45, 2.75) is 46.0 Å². The topological polar surface area (TPSA) is 93.1 Å². The van der Waals surface area contributed by atoms with Crippen LogP contribution in [0.4, 0.5) is 0 Å². The maximum Gasteiger partial charge on any atom is 0.337 e. The van der Waals surface area contributed by atoms with Crippen LogP contribution in [0.15, 0.2) is 30.3 Å². The number of hydrogen-bond donors (Lipinski definition) is 2. The number of benzene rings is 2. The van der Waals surface area contributed by atoms with Crippen molar-refractivity contribution < 1.29 is 34.8 Å². The van der Waals surface area contributed by atoms with Crippen molar-refractivity contribution in [2.24, 2.45) is 0 Å². The van der Waals surface area contributed by atoms with Crippen molar-refractivity contribution in [3.8, 4) is 17.2 Å². The van der Waals surface area contributed by atoms with E-state index in [9.17, 15) is 14.7 Å². The molecule has 0 aliphatic heterocycles. The van der Waals surface area contributed by atoms with E-state index < -0.39 is 19.1 Å². The van der Waals surface area contributed by atoms with E-state index in [4.69, 9.17) is 31.7 Å². The standard InChI is InChI=1S/C23H27ClO6/c1-3-7-20(25)18-10-11-21(15(2)22(18)26)30-13-6-4-5-12-29-16-8-9-17(23(27)28)19(24)14-16/h8-11,14,26H,3-7,12-13H2,1-2H3,(H,27,28)/i12D2,13D2. The highest BCUT2D eigenvalue weighted by molar-refractivity contribution is 6.33. The zero-order valence-electron chi connectivity index (χ0n) is 20.8. The fourth-order valence-electron chi connectivity index (χ4n) is 2.61. The molecule has 0 atom stereocenters. The third-order valence-electron chi connectivity index (χ3n) is 4.26. The molecule has 0 aliphatic rings. The van der Waals surface area contributed by atoms with Gasteiger partial charge in [0, 0.05) is 12.0 Å². The second-order valence-electron chi connectivity index (χ2n) is 6.55. The Labute approximate surface area is 187 Å². The van der Waals surface area contributed by atoms with E-state index in [-0.39, 0.29) is 70.4 Å². The molecule has 2 N–H and O–H groups in total. The molecule has 0 radical (unpaired) electrons. The molecule has 0 heterocycles. The first kappa shape index (κ1) is 18.1. The molecule has 0 amide bonds. The molecule has 0 saturated carbocycles. The van der Waals surface area contributed by atoms with Gasteiger partial charge in [0.05, 0.1) is 34.8 Å². The zero-order valence-corrected chi connectivity index (χ0v) is 17.6. The highest BCUT2D eigenvalue weighted by atomic mass is 35.5. The summed E-state index contributed by atoms with van der Waals surface area (Å²) in [6.07, 6.45) is 0.622. The Morgan fingerprint density at radius 2 is 1.73 bits per heavy atom. The number of aromatic carboxylic acids is 1. The average molecular weight is 439 g/mol. The summed E-state index contributed by atoms with van der Waals surface area (Å²) in [4.78, 5) is 23.1. The first-order valence-electron chi connectivity index (χ1n) is 11.5. The fraction of sp³-hybridized carbons (Fsp3) is 0.391. The minimum absolute atomic E-state index is 0.0445.